The minimum Gasteiger partial charge on any atom is -0.444 e. The van der Waals surface area contributed by atoms with E-state index in [9.17, 15) is 4.79 Å². The van der Waals surface area contributed by atoms with E-state index in [1.165, 1.54) is 4.90 Å². The summed E-state index contributed by atoms with van der Waals surface area (Å²) in [5.74, 6) is 0. The Labute approximate surface area is 130 Å². The normalized spacial score (nSPS) is 13.8. The van der Waals surface area contributed by atoms with Crippen molar-refractivity contribution < 1.29 is 19.0 Å². The first kappa shape index (κ1) is 22.4. The average Bonchev–Trinajstić information content (AvgIpc) is 2.37. The van der Waals surface area contributed by atoms with Gasteiger partial charge in [-0.15, -0.1) is 0 Å². The Hall–Kier alpha value is -0.850. The van der Waals surface area contributed by atoms with E-state index in [1.807, 2.05) is 34.7 Å². The van der Waals surface area contributed by atoms with Crippen LogP contribution in [0.25, 0.3) is 0 Å². The van der Waals surface area contributed by atoms with Crippen LogP contribution >= 0.6 is 0 Å². The van der Waals surface area contributed by atoms with Crippen LogP contribution in [0.3, 0.4) is 0 Å². The van der Waals surface area contributed by atoms with Crippen molar-refractivity contribution in [3.8, 4) is 0 Å². The number of hydrogen-bond donors (Lipinski definition) is 1. The Morgan fingerprint density at radius 1 is 1.14 bits per heavy atom. The van der Waals surface area contributed by atoms with Crippen LogP contribution in [-0.2, 0) is 14.2 Å². The van der Waals surface area contributed by atoms with Gasteiger partial charge in [0, 0.05) is 27.3 Å². The van der Waals surface area contributed by atoms with E-state index in [0.717, 1.165) is 6.61 Å². The number of hydrogen-bond acceptors (Lipinski definition) is 5. The van der Waals surface area contributed by atoms with E-state index in [4.69, 9.17) is 14.2 Å². The zero-order chi connectivity index (χ0) is 17.1. The molecule has 0 unspecified atom stereocenters. The number of rotatable bonds is 6. The molecule has 2 atom stereocenters. The summed E-state index contributed by atoms with van der Waals surface area (Å²) in [7, 11) is 6.94. The molecule has 0 aromatic carbocycles. The van der Waals surface area contributed by atoms with Gasteiger partial charge in [0.2, 0.25) is 0 Å². The molecule has 0 aromatic rings. The van der Waals surface area contributed by atoms with E-state index in [-0.39, 0.29) is 12.1 Å². The number of methoxy groups -OCH3 is 2. The molecule has 0 radical (unpaired) electrons. The van der Waals surface area contributed by atoms with Crippen molar-refractivity contribution in [2.24, 2.45) is 0 Å². The molecule has 0 heterocycles. The molecular formula is C15H34N2O4. The van der Waals surface area contributed by atoms with Crippen LogP contribution in [0.15, 0.2) is 0 Å². The smallest absolute Gasteiger partial charge is 0.410 e. The quantitative estimate of drug-likeness (QED) is 0.814. The third-order valence-corrected chi connectivity index (χ3v) is 2.66. The molecule has 0 aromatic heterocycles. The lowest BCUT2D eigenvalue weighted by atomic mass is 10.2. The van der Waals surface area contributed by atoms with Crippen molar-refractivity contribution in [3.63, 3.8) is 0 Å². The zero-order valence-electron chi connectivity index (χ0n) is 15.1. The monoisotopic (exact) mass is 306 g/mol. The highest BCUT2D eigenvalue weighted by Crippen LogP contribution is 2.10. The molecule has 21 heavy (non-hydrogen) atoms. The molecule has 1 amide bonds. The first-order chi connectivity index (χ1) is 9.58. The standard InChI is InChI=1S/C10H21NO3.C5H13NO/c1-8(7-13-6)11(5)9(12)14-10(2,3)4;1-5(6-2)4-7-3/h8H,7H2,1-6H3;5-6H,4H2,1-3H3/t8-;5-/m00/s1. The number of amides is 1. The predicted molar refractivity (Wildman–Crippen MR) is 85.7 cm³/mol. The highest BCUT2D eigenvalue weighted by atomic mass is 16.6. The lowest BCUT2D eigenvalue weighted by Gasteiger charge is -2.28. The zero-order valence-corrected chi connectivity index (χ0v) is 15.1. The second-order valence-corrected chi connectivity index (χ2v) is 6.04. The van der Waals surface area contributed by atoms with E-state index in [2.05, 4.69) is 12.2 Å². The molecule has 0 aliphatic heterocycles. The van der Waals surface area contributed by atoms with Gasteiger partial charge in [-0.1, -0.05) is 0 Å². The molecule has 0 saturated carbocycles. The van der Waals surface area contributed by atoms with E-state index >= 15 is 0 Å². The molecule has 0 spiro atoms. The Balaban J connectivity index is 0. The molecule has 0 aliphatic carbocycles. The van der Waals surface area contributed by atoms with Gasteiger partial charge in [0.1, 0.15) is 5.60 Å². The molecule has 0 rings (SSSR count). The summed E-state index contributed by atoms with van der Waals surface area (Å²) in [5.41, 5.74) is -0.446. The van der Waals surface area contributed by atoms with Gasteiger partial charge in [-0.2, -0.15) is 0 Å². The second kappa shape index (κ2) is 11.8. The number of carbonyl (C=O) groups excluding carboxylic acids is 1. The molecule has 6 heteroatoms. The highest BCUT2D eigenvalue weighted by Gasteiger charge is 2.22. The van der Waals surface area contributed by atoms with Crippen LogP contribution < -0.4 is 5.32 Å². The van der Waals surface area contributed by atoms with Gasteiger partial charge in [-0.25, -0.2) is 4.79 Å². The minimum atomic E-state index is -0.446. The fourth-order valence-corrected chi connectivity index (χ4v) is 1.20. The van der Waals surface area contributed by atoms with Gasteiger partial charge in [-0.3, -0.25) is 0 Å². The lowest BCUT2D eigenvalue weighted by molar-refractivity contribution is 0.0154. The maximum atomic E-state index is 11.5. The van der Waals surface area contributed by atoms with Gasteiger partial charge >= 0.3 is 6.09 Å². The Morgan fingerprint density at radius 2 is 1.62 bits per heavy atom. The molecule has 0 saturated heterocycles. The van der Waals surface area contributed by atoms with Gasteiger partial charge in [0.05, 0.1) is 19.3 Å². The van der Waals surface area contributed by atoms with Gasteiger partial charge in [0.25, 0.3) is 0 Å². The maximum absolute atomic E-state index is 11.5. The Morgan fingerprint density at radius 3 is 1.90 bits per heavy atom. The lowest BCUT2D eigenvalue weighted by Crippen LogP contribution is -2.41. The van der Waals surface area contributed by atoms with Crippen LogP contribution in [0.4, 0.5) is 4.79 Å². The molecule has 0 aliphatic rings. The molecule has 0 bridgehead atoms. The van der Waals surface area contributed by atoms with Crippen LogP contribution in [0.2, 0.25) is 0 Å². The van der Waals surface area contributed by atoms with Crippen LogP contribution in [-0.4, -0.2) is 70.2 Å². The van der Waals surface area contributed by atoms with E-state index in [1.54, 1.807) is 21.3 Å². The van der Waals surface area contributed by atoms with Gasteiger partial charge in [-0.05, 0) is 41.7 Å². The summed E-state index contributed by atoms with van der Waals surface area (Å²) < 4.78 is 15.0. The average molecular weight is 306 g/mol. The van der Waals surface area contributed by atoms with Gasteiger partial charge < -0.3 is 24.4 Å². The Kier molecular flexibility index (Phi) is 12.6. The van der Waals surface area contributed by atoms with E-state index < -0.39 is 5.60 Å². The summed E-state index contributed by atoms with van der Waals surface area (Å²) >= 11 is 0. The summed E-state index contributed by atoms with van der Waals surface area (Å²) in [6.07, 6.45) is -0.318. The van der Waals surface area contributed by atoms with Crippen LogP contribution in [0, 0.1) is 0 Å². The fraction of sp³-hybridized carbons (Fsp3) is 0.933. The van der Waals surface area contributed by atoms with Crippen molar-refractivity contribution in [3.05, 3.63) is 0 Å². The fourth-order valence-electron chi connectivity index (χ4n) is 1.20. The number of nitrogens with one attached hydrogen (secondary N) is 1. The molecule has 1 N–H and O–H groups in total. The van der Waals surface area contributed by atoms with Crippen LogP contribution in [0.1, 0.15) is 34.6 Å². The second-order valence-electron chi connectivity index (χ2n) is 6.04. The summed E-state index contributed by atoms with van der Waals surface area (Å²) in [6.45, 7) is 10.8. The molecule has 0 fully saturated rings. The summed E-state index contributed by atoms with van der Waals surface area (Å²) in [5, 5.41) is 3.04. The summed E-state index contributed by atoms with van der Waals surface area (Å²) in [6, 6.07) is 0.500. The first-order valence-electron chi connectivity index (χ1n) is 7.20. The van der Waals surface area contributed by atoms with Crippen molar-refractivity contribution >= 4 is 6.09 Å². The number of likely N-dealkylation sites (N-methyl/N-ethyl adjacent to an activating group) is 2. The van der Waals surface area contributed by atoms with E-state index in [0.29, 0.717) is 12.6 Å². The SMILES string of the molecule is CN[C@@H](C)COC.COC[C@H](C)N(C)C(=O)OC(C)(C)C. The number of nitrogens with zero attached hydrogens (tertiary/aromatic N) is 1. The maximum Gasteiger partial charge on any atom is 0.410 e. The molecule has 128 valence electrons. The topological polar surface area (TPSA) is 60.0 Å². The van der Waals surface area contributed by atoms with Crippen molar-refractivity contribution in [1.82, 2.24) is 10.2 Å². The van der Waals surface area contributed by atoms with Gasteiger partial charge in [0.15, 0.2) is 0 Å². The van der Waals surface area contributed by atoms with Crippen molar-refractivity contribution in [2.45, 2.75) is 52.3 Å². The largest absolute Gasteiger partial charge is 0.444 e. The van der Waals surface area contributed by atoms with Crippen molar-refractivity contribution in [1.29, 1.82) is 0 Å². The first-order valence-corrected chi connectivity index (χ1v) is 7.20. The number of carbonyl (C=O) groups is 1. The minimum absolute atomic E-state index is 0.0230. The summed E-state index contributed by atoms with van der Waals surface area (Å²) in [4.78, 5) is 13.1. The molecular weight excluding hydrogens is 272 g/mol. The number of ether oxygens (including phenoxy) is 3. The third-order valence-electron chi connectivity index (χ3n) is 2.66. The third kappa shape index (κ3) is 13.9. The predicted octanol–water partition coefficient (Wildman–Crippen LogP) is 2.13. The molecule has 6 nitrogen and oxygen atoms in total. The Bertz CT molecular complexity index is 267. The highest BCUT2D eigenvalue weighted by molar-refractivity contribution is 5.68. The van der Waals surface area contributed by atoms with Crippen molar-refractivity contribution in [2.75, 3.05) is 41.5 Å². The van der Waals surface area contributed by atoms with Crippen LogP contribution in [0.5, 0.6) is 0 Å².